The lowest BCUT2D eigenvalue weighted by Crippen LogP contribution is -2.23. The van der Waals surface area contributed by atoms with E-state index in [0.29, 0.717) is 35.6 Å². The zero-order chi connectivity index (χ0) is 17.5. The molecule has 134 valence electrons. The molecule has 7 heteroatoms. The van der Waals surface area contributed by atoms with Gasteiger partial charge >= 0.3 is 0 Å². The van der Waals surface area contributed by atoms with Gasteiger partial charge in [-0.05, 0) is 31.4 Å². The number of benzene rings is 1. The van der Waals surface area contributed by atoms with Crippen molar-refractivity contribution in [2.24, 2.45) is 0 Å². The SMILES string of the molecule is CCCC(CCOC(CC)Cn1nc2c(N)ccc(N)c2n1)OC. The molecule has 0 fully saturated rings. The number of nitrogens with two attached hydrogens (primary N) is 2. The van der Waals surface area contributed by atoms with E-state index in [-0.39, 0.29) is 12.2 Å². The van der Waals surface area contributed by atoms with Gasteiger partial charge in [0.15, 0.2) is 0 Å². The summed E-state index contributed by atoms with van der Waals surface area (Å²) in [5, 5.41) is 8.89. The van der Waals surface area contributed by atoms with Crippen LogP contribution >= 0.6 is 0 Å². The lowest BCUT2D eigenvalue weighted by Gasteiger charge is -2.18. The number of anilines is 2. The minimum atomic E-state index is 0.0494. The molecule has 0 saturated heterocycles. The highest BCUT2D eigenvalue weighted by Crippen LogP contribution is 2.22. The third-order valence-corrected chi connectivity index (χ3v) is 4.20. The smallest absolute Gasteiger partial charge is 0.138 e. The Kier molecular flexibility index (Phi) is 6.81. The van der Waals surface area contributed by atoms with E-state index in [1.807, 2.05) is 0 Å². The van der Waals surface area contributed by atoms with Crippen molar-refractivity contribution in [2.45, 2.75) is 58.3 Å². The molecule has 2 atom stereocenters. The third-order valence-electron chi connectivity index (χ3n) is 4.20. The Hall–Kier alpha value is -1.86. The molecule has 0 aliphatic heterocycles. The molecule has 0 amide bonds. The van der Waals surface area contributed by atoms with E-state index in [1.54, 1.807) is 24.0 Å². The van der Waals surface area contributed by atoms with Crippen LogP contribution in [0.3, 0.4) is 0 Å². The molecular formula is C17H29N5O2. The third kappa shape index (κ3) is 4.58. The van der Waals surface area contributed by atoms with Crippen LogP contribution in [0.4, 0.5) is 11.4 Å². The van der Waals surface area contributed by atoms with Crippen LogP contribution in [0.2, 0.25) is 0 Å². The molecule has 1 aromatic heterocycles. The number of rotatable bonds is 10. The largest absolute Gasteiger partial charge is 0.397 e. The van der Waals surface area contributed by atoms with Crippen molar-refractivity contribution in [3.63, 3.8) is 0 Å². The second-order valence-electron chi connectivity index (χ2n) is 6.03. The summed E-state index contributed by atoms with van der Waals surface area (Å²) in [5.74, 6) is 0. The summed E-state index contributed by atoms with van der Waals surface area (Å²) >= 11 is 0. The number of fused-ring (bicyclic) bond motifs is 1. The summed E-state index contributed by atoms with van der Waals surface area (Å²) in [6.45, 7) is 5.50. The molecule has 1 aromatic carbocycles. The Balaban J connectivity index is 1.95. The van der Waals surface area contributed by atoms with Crippen molar-refractivity contribution >= 4 is 22.4 Å². The molecule has 0 bridgehead atoms. The fourth-order valence-electron chi connectivity index (χ4n) is 2.71. The van der Waals surface area contributed by atoms with Crippen molar-refractivity contribution in [1.29, 1.82) is 0 Å². The highest BCUT2D eigenvalue weighted by atomic mass is 16.5. The van der Waals surface area contributed by atoms with Crippen LogP contribution in [0.15, 0.2) is 12.1 Å². The lowest BCUT2D eigenvalue weighted by molar-refractivity contribution is 0.00175. The molecule has 7 nitrogen and oxygen atoms in total. The van der Waals surface area contributed by atoms with E-state index >= 15 is 0 Å². The number of hydrogen-bond acceptors (Lipinski definition) is 6. The second kappa shape index (κ2) is 8.84. The van der Waals surface area contributed by atoms with Crippen LogP contribution in [0.1, 0.15) is 39.5 Å². The van der Waals surface area contributed by atoms with Gasteiger partial charge in [-0.1, -0.05) is 20.3 Å². The predicted octanol–water partition coefficient (Wildman–Crippen LogP) is 2.60. The summed E-state index contributed by atoms with van der Waals surface area (Å²) in [6, 6.07) is 3.51. The maximum absolute atomic E-state index is 5.99. The first-order valence-corrected chi connectivity index (χ1v) is 8.62. The zero-order valence-electron chi connectivity index (χ0n) is 14.9. The van der Waals surface area contributed by atoms with Gasteiger partial charge in [0.2, 0.25) is 0 Å². The summed E-state index contributed by atoms with van der Waals surface area (Å²) < 4.78 is 11.4. The first-order chi connectivity index (χ1) is 11.6. The first kappa shape index (κ1) is 18.5. The zero-order valence-corrected chi connectivity index (χ0v) is 14.9. The molecule has 0 saturated carbocycles. The van der Waals surface area contributed by atoms with Crippen LogP contribution in [-0.2, 0) is 16.0 Å². The topological polar surface area (TPSA) is 101 Å². The summed E-state index contributed by atoms with van der Waals surface area (Å²) in [7, 11) is 1.76. The molecule has 2 unspecified atom stereocenters. The lowest BCUT2D eigenvalue weighted by atomic mass is 10.1. The Morgan fingerprint density at radius 1 is 1.04 bits per heavy atom. The summed E-state index contributed by atoms with van der Waals surface area (Å²) in [6.07, 6.45) is 4.26. The number of methoxy groups -OCH3 is 1. The number of ether oxygens (including phenoxy) is 2. The van der Waals surface area contributed by atoms with Gasteiger partial charge in [-0.15, -0.1) is 0 Å². The predicted molar refractivity (Wildman–Crippen MR) is 96.7 cm³/mol. The number of nitrogen functional groups attached to an aromatic ring is 2. The number of nitrogens with zero attached hydrogens (tertiary/aromatic N) is 3. The molecule has 0 radical (unpaired) electrons. The van der Waals surface area contributed by atoms with E-state index in [4.69, 9.17) is 20.9 Å². The van der Waals surface area contributed by atoms with Gasteiger partial charge < -0.3 is 20.9 Å². The Labute approximate surface area is 143 Å². The molecule has 0 spiro atoms. The van der Waals surface area contributed by atoms with Gasteiger partial charge in [-0.3, -0.25) is 0 Å². The van der Waals surface area contributed by atoms with Gasteiger partial charge in [-0.25, -0.2) is 0 Å². The number of aromatic nitrogens is 3. The normalized spacial score (nSPS) is 14.1. The van der Waals surface area contributed by atoms with Crippen molar-refractivity contribution in [3.05, 3.63) is 12.1 Å². The van der Waals surface area contributed by atoms with Crippen LogP contribution in [-0.4, -0.2) is 40.9 Å². The van der Waals surface area contributed by atoms with Gasteiger partial charge in [0.05, 0.1) is 30.1 Å². The molecule has 0 aliphatic rings. The molecule has 4 N–H and O–H groups in total. The van der Waals surface area contributed by atoms with Crippen molar-refractivity contribution < 1.29 is 9.47 Å². The molecule has 1 heterocycles. The monoisotopic (exact) mass is 335 g/mol. The van der Waals surface area contributed by atoms with Crippen LogP contribution < -0.4 is 11.5 Å². The summed E-state index contributed by atoms with van der Waals surface area (Å²) in [4.78, 5) is 1.63. The van der Waals surface area contributed by atoms with Gasteiger partial charge in [-0.2, -0.15) is 15.0 Å². The number of hydrogen-bond donors (Lipinski definition) is 2. The summed E-state index contributed by atoms with van der Waals surface area (Å²) in [5.41, 5.74) is 14.3. The molecule has 2 aromatic rings. The van der Waals surface area contributed by atoms with E-state index < -0.39 is 0 Å². The van der Waals surface area contributed by atoms with Crippen LogP contribution in [0, 0.1) is 0 Å². The maximum Gasteiger partial charge on any atom is 0.138 e. The second-order valence-corrected chi connectivity index (χ2v) is 6.03. The van der Waals surface area contributed by atoms with E-state index in [1.165, 1.54) is 0 Å². The molecule has 2 rings (SSSR count). The minimum absolute atomic E-state index is 0.0494. The van der Waals surface area contributed by atoms with Gasteiger partial charge in [0, 0.05) is 13.7 Å². The quantitative estimate of drug-likeness (QED) is 0.647. The van der Waals surface area contributed by atoms with Crippen molar-refractivity contribution in [1.82, 2.24) is 15.0 Å². The van der Waals surface area contributed by atoms with Crippen LogP contribution in [0.5, 0.6) is 0 Å². The molecule has 0 aliphatic carbocycles. The maximum atomic E-state index is 5.99. The Morgan fingerprint density at radius 3 is 2.17 bits per heavy atom. The average molecular weight is 335 g/mol. The highest BCUT2D eigenvalue weighted by Gasteiger charge is 2.14. The van der Waals surface area contributed by atoms with Crippen LogP contribution in [0.25, 0.3) is 11.0 Å². The molecular weight excluding hydrogens is 306 g/mol. The fraction of sp³-hybridized carbons (Fsp3) is 0.647. The van der Waals surface area contributed by atoms with Gasteiger partial charge in [0.25, 0.3) is 0 Å². The van der Waals surface area contributed by atoms with E-state index in [2.05, 4.69) is 24.0 Å². The van der Waals surface area contributed by atoms with E-state index in [0.717, 1.165) is 25.7 Å². The van der Waals surface area contributed by atoms with Gasteiger partial charge in [0.1, 0.15) is 11.0 Å². The molecule has 24 heavy (non-hydrogen) atoms. The van der Waals surface area contributed by atoms with E-state index in [9.17, 15) is 0 Å². The first-order valence-electron chi connectivity index (χ1n) is 8.62. The highest BCUT2D eigenvalue weighted by molar-refractivity contribution is 5.94. The Morgan fingerprint density at radius 2 is 1.67 bits per heavy atom. The minimum Gasteiger partial charge on any atom is -0.397 e. The van der Waals surface area contributed by atoms with Crippen molar-refractivity contribution in [3.8, 4) is 0 Å². The average Bonchev–Trinajstić information content (AvgIpc) is 3.01. The fourth-order valence-corrected chi connectivity index (χ4v) is 2.71. The Bertz CT molecular complexity index is 604. The van der Waals surface area contributed by atoms with Crippen molar-refractivity contribution in [2.75, 3.05) is 25.2 Å². The standard InChI is InChI=1S/C17H29N5O2/c1-4-6-13(23-3)9-10-24-12(5-2)11-22-20-16-14(18)7-8-15(19)17(16)21-22/h7-8,12-13H,4-6,9-11,18-19H2,1-3H3.